The molecule has 0 unspecified atom stereocenters. The Bertz CT molecular complexity index is 1270. The Morgan fingerprint density at radius 2 is 1.97 bits per heavy atom. The maximum absolute atomic E-state index is 13.4. The third kappa shape index (κ3) is 4.38. The molecule has 32 heavy (non-hydrogen) atoms. The van der Waals surface area contributed by atoms with Gasteiger partial charge < -0.3 is 15.0 Å². The van der Waals surface area contributed by atoms with Crippen LogP contribution in [0.15, 0.2) is 59.0 Å². The fourth-order valence-corrected chi connectivity index (χ4v) is 3.61. The molecular weight excluding hydrogens is 406 g/mol. The van der Waals surface area contributed by atoms with Crippen LogP contribution < -0.4 is 15.8 Å². The van der Waals surface area contributed by atoms with Gasteiger partial charge in [0.15, 0.2) is 0 Å². The third-order valence-electron chi connectivity index (χ3n) is 5.32. The van der Waals surface area contributed by atoms with Gasteiger partial charge in [0.2, 0.25) is 0 Å². The number of hydrogen-bond acceptors (Lipinski definition) is 6. The number of benzene rings is 1. The number of rotatable bonds is 5. The number of morpholine rings is 1. The number of carbonyl (C=O) groups excluding carboxylic acids is 1. The molecule has 1 fully saturated rings. The highest BCUT2D eigenvalue weighted by molar-refractivity contribution is 6.02. The van der Waals surface area contributed by atoms with Crippen molar-refractivity contribution in [3.8, 4) is 6.07 Å². The van der Waals surface area contributed by atoms with Crippen LogP contribution in [0.25, 0.3) is 11.7 Å². The van der Waals surface area contributed by atoms with E-state index < -0.39 is 5.91 Å². The Morgan fingerprint density at radius 3 is 2.69 bits per heavy atom. The van der Waals surface area contributed by atoms with Crippen LogP contribution in [0, 0.1) is 18.3 Å². The Morgan fingerprint density at radius 1 is 1.22 bits per heavy atom. The summed E-state index contributed by atoms with van der Waals surface area (Å²) in [6, 6.07) is 15.0. The maximum atomic E-state index is 13.4. The standard InChI is InChI=1S/C24H23N5O3/c1-17-6-5-9-29-21(17)27-22(28-10-12-32-13-11-28)20(24(29)31)14-19(15-25)23(30)26-16-18-7-3-2-4-8-18/h2-9,14H,10-13,16H2,1H3,(H,26,30). The van der Waals surface area contributed by atoms with Gasteiger partial charge in [-0.3, -0.25) is 14.0 Å². The predicted molar refractivity (Wildman–Crippen MR) is 121 cm³/mol. The molecule has 0 saturated carbocycles. The maximum Gasteiger partial charge on any atom is 0.267 e. The number of nitriles is 1. The van der Waals surface area contributed by atoms with Gasteiger partial charge in [0.05, 0.1) is 18.8 Å². The molecule has 0 spiro atoms. The summed E-state index contributed by atoms with van der Waals surface area (Å²) in [5.74, 6) is -0.0887. The van der Waals surface area contributed by atoms with Gasteiger partial charge in [-0.15, -0.1) is 0 Å². The SMILES string of the molecule is Cc1cccn2c(=O)c(C=C(C#N)C(=O)NCc3ccccc3)c(N3CCOCC3)nc12. The first-order valence-corrected chi connectivity index (χ1v) is 10.4. The summed E-state index contributed by atoms with van der Waals surface area (Å²) >= 11 is 0. The molecule has 3 aromatic rings. The number of pyridine rings is 1. The Balaban J connectivity index is 1.76. The van der Waals surface area contributed by atoms with Crippen LogP contribution in [0.3, 0.4) is 0 Å². The number of aryl methyl sites for hydroxylation is 1. The fraction of sp³-hybridized carbons (Fsp3) is 0.250. The van der Waals surface area contributed by atoms with E-state index in [-0.39, 0.29) is 23.2 Å². The minimum atomic E-state index is -0.544. The van der Waals surface area contributed by atoms with Crippen molar-refractivity contribution in [2.75, 3.05) is 31.2 Å². The summed E-state index contributed by atoms with van der Waals surface area (Å²) in [7, 11) is 0. The topological polar surface area (TPSA) is 99.7 Å². The molecule has 3 heterocycles. The van der Waals surface area contributed by atoms with Crippen molar-refractivity contribution in [3.63, 3.8) is 0 Å². The van der Waals surface area contributed by atoms with Crippen LogP contribution in [0.1, 0.15) is 16.7 Å². The van der Waals surface area contributed by atoms with E-state index in [1.165, 1.54) is 10.5 Å². The number of ether oxygens (including phenoxy) is 1. The summed E-state index contributed by atoms with van der Waals surface area (Å²) in [5.41, 5.74) is 2.04. The molecule has 1 saturated heterocycles. The first-order chi connectivity index (χ1) is 15.6. The fourth-order valence-electron chi connectivity index (χ4n) is 3.61. The van der Waals surface area contributed by atoms with Crippen molar-refractivity contribution in [2.45, 2.75) is 13.5 Å². The Labute approximate surface area is 185 Å². The van der Waals surface area contributed by atoms with E-state index >= 15 is 0 Å². The quantitative estimate of drug-likeness (QED) is 0.492. The molecule has 4 rings (SSSR count). The summed E-state index contributed by atoms with van der Waals surface area (Å²) in [5, 5.41) is 12.4. The molecule has 162 valence electrons. The minimum absolute atomic E-state index is 0.151. The molecule has 1 aromatic carbocycles. The highest BCUT2D eigenvalue weighted by Gasteiger charge is 2.21. The molecule has 1 aliphatic rings. The van der Waals surface area contributed by atoms with Crippen molar-refractivity contribution < 1.29 is 9.53 Å². The van der Waals surface area contributed by atoms with E-state index in [9.17, 15) is 14.9 Å². The first-order valence-electron chi connectivity index (χ1n) is 10.4. The van der Waals surface area contributed by atoms with Crippen molar-refractivity contribution in [1.29, 1.82) is 5.26 Å². The van der Waals surface area contributed by atoms with Crippen LogP contribution in [0.5, 0.6) is 0 Å². The van der Waals surface area contributed by atoms with Crippen molar-refractivity contribution in [3.05, 3.63) is 81.3 Å². The number of anilines is 1. The number of hydrogen-bond donors (Lipinski definition) is 1. The molecule has 2 aromatic heterocycles. The predicted octanol–water partition coefficient (Wildman–Crippen LogP) is 2.06. The zero-order valence-corrected chi connectivity index (χ0v) is 17.7. The van der Waals surface area contributed by atoms with E-state index in [0.29, 0.717) is 37.8 Å². The highest BCUT2D eigenvalue weighted by Crippen LogP contribution is 2.21. The van der Waals surface area contributed by atoms with E-state index in [1.54, 1.807) is 12.3 Å². The van der Waals surface area contributed by atoms with Crippen molar-refractivity contribution in [2.24, 2.45) is 0 Å². The lowest BCUT2D eigenvalue weighted by Gasteiger charge is -2.29. The first kappa shape index (κ1) is 21.3. The number of fused-ring (bicyclic) bond motifs is 1. The van der Waals surface area contributed by atoms with Crippen LogP contribution in [-0.4, -0.2) is 41.6 Å². The van der Waals surface area contributed by atoms with Gasteiger partial charge in [-0.1, -0.05) is 36.4 Å². The lowest BCUT2D eigenvalue weighted by molar-refractivity contribution is -0.117. The molecule has 8 heteroatoms. The smallest absolute Gasteiger partial charge is 0.267 e. The van der Waals surface area contributed by atoms with E-state index in [0.717, 1.165) is 11.1 Å². The summed E-state index contributed by atoms with van der Waals surface area (Å²) < 4.78 is 6.88. The average Bonchev–Trinajstić information content (AvgIpc) is 2.83. The van der Waals surface area contributed by atoms with Gasteiger partial charge >= 0.3 is 0 Å². The van der Waals surface area contributed by atoms with Gasteiger partial charge in [-0.2, -0.15) is 5.26 Å². The third-order valence-corrected chi connectivity index (χ3v) is 5.32. The zero-order chi connectivity index (χ0) is 22.5. The van der Waals surface area contributed by atoms with E-state index in [4.69, 9.17) is 9.72 Å². The van der Waals surface area contributed by atoms with Gasteiger partial charge in [0.25, 0.3) is 11.5 Å². The Kier molecular flexibility index (Phi) is 6.29. The summed E-state index contributed by atoms with van der Waals surface area (Å²) in [6.07, 6.45) is 2.98. The molecule has 1 N–H and O–H groups in total. The molecule has 0 atom stereocenters. The van der Waals surface area contributed by atoms with E-state index in [2.05, 4.69) is 5.32 Å². The molecule has 8 nitrogen and oxygen atoms in total. The highest BCUT2D eigenvalue weighted by atomic mass is 16.5. The molecule has 1 aliphatic heterocycles. The lowest BCUT2D eigenvalue weighted by Crippen LogP contribution is -2.39. The molecule has 0 bridgehead atoms. The van der Waals surface area contributed by atoms with Gasteiger partial charge in [-0.05, 0) is 30.2 Å². The number of nitrogens with zero attached hydrogens (tertiary/aromatic N) is 4. The van der Waals surface area contributed by atoms with Crippen LogP contribution >= 0.6 is 0 Å². The second-order valence-electron chi connectivity index (χ2n) is 7.48. The normalized spacial score (nSPS) is 14.2. The van der Waals surface area contributed by atoms with Crippen LogP contribution in [0.2, 0.25) is 0 Å². The van der Waals surface area contributed by atoms with Gasteiger partial charge in [0, 0.05) is 25.8 Å². The van der Waals surface area contributed by atoms with Gasteiger partial charge in [0.1, 0.15) is 23.1 Å². The monoisotopic (exact) mass is 429 g/mol. The second kappa shape index (κ2) is 9.45. The Hall–Kier alpha value is -3.96. The molecule has 0 radical (unpaired) electrons. The largest absolute Gasteiger partial charge is 0.378 e. The molecule has 0 aliphatic carbocycles. The van der Waals surface area contributed by atoms with Crippen LogP contribution in [0.4, 0.5) is 5.82 Å². The molecular formula is C24H23N5O3. The summed E-state index contributed by atoms with van der Waals surface area (Å²) in [6.45, 7) is 4.33. The van der Waals surface area contributed by atoms with Gasteiger partial charge in [-0.25, -0.2) is 4.98 Å². The number of nitrogens with one attached hydrogen (secondary N) is 1. The average molecular weight is 429 g/mol. The van der Waals surface area contributed by atoms with Crippen molar-refractivity contribution in [1.82, 2.24) is 14.7 Å². The molecule has 1 amide bonds. The number of amides is 1. The lowest BCUT2D eigenvalue weighted by atomic mass is 10.1. The van der Waals surface area contributed by atoms with Crippen LogP contribution in [-0.2, 0) is 16.1 Å². The second-order valence-corrected chi connectivity index (χ2v) is 7.48. The van der Waals surface area contributed by atoms with Crippen molar-refractivity contribution >= 4 is 23.4 Å². The minimum Gasteiger partial charge on any atom is -0.378 e. The number of carbonyl (C=O) groups is 1. The number of aromatic nitrogens is 2. The zero-order valence-electron chi connectivity index (χ0n) is 17.7. The van der Waals surface area contributed by atoms with E-state index in [1.807, 2.05) is 54.3 Å². The summed E-state index contributed by atoms with van der Waals surface area (Å²) in [4.78, 5) is 32.8.